The molecule has 6 aromatic carbocycles. The molecular weight excluding hydrogens is 825 g/mol. The van der Waals surface area contributed by atoms with Crippen LogP contribution in [0, 0.1) is 0 Å². The second-order valence-electron chi connectivity index (χ2n) is 14.7. The number of ether oxygens (including phenoxy) is 5. The molecule has 65 heavy (non-hydrogen) atoms. The predicted molar refractivity (Wildman–Crippen MR) is 243 cm³/mol. The van der Waals surface area contributed by atoms with E-state index in [0.29, 0.717) is 22.6 Å². The number of methoxy groups -OCH3 is 2. The average molecular weight is 867 g/mol. The minimum absolute atomic E-state index is 0.00531. The maximum atomic E-state index is 14.7. The third-order valence-corrected chi connectivity index (χ3v) is 10.3. The van der Waals surface area contributed by atoms with Gasteiger partial charge in [0, 0.05) is 12.8 Å². The van der Waals surface area contributed by atoms with E-state index in [0.717, 1.165) is 33.4 Å². The monoisotopic (exact) mass is 866 g/mol. The number of carbonyl (C=O) groups excluding carboxylic acids is 1. The fourth-order valence-electron chi connectivity index (χ4n) is 7.19. The lowest BCUT2D eigenvalue weighted by molar-refractivity contribution is 0.0662. The van der Waals surface area contributed by atoms with Gasteiger partial charge in [-0.1, -0.05) is 133 Å². The summed E-state index contributed by atoms with van der Waals surface area (Å²) >= 11 is 0. The first-order valence-electron chi connectivity index (χ1n) is 20.5. The van der Waals surface area contributed by atoms with Gasteiger partial charge in [-0.05, 0) is 68.8 Å². The first kappa shape index (κ1) is 43.1. The first-order chi connectivity index (χ1) is 31.8. The molecule has 8 rings (SSSR count). The molecule has 2 N–H and O–H groups in total. The Labute approximate surface area is 373 Å². The van der Waals surface area contributed by atoms with Crippen molar-refractivity contribution >= 4 is 11.9 Å². The Morgan fingerprint density at radius 2 is 1.06 bits per heavy atom. The van der Waals surface area contributed by atoms with Crippen molar-refractivity contribution in [2.75, 3.05) is 14.2 Å². The number of nitrogens with zero attached hydrogens (tertiary/aromatic N) is 3. The Balaban J connectivity index is 1.23. The number of esters is 1. The smallest absolute Gasteiger partial charge is 0.367 e. The molecule has 0 unspecified atom stereocenters. The molecule has 2 heterocycles. The van der Waals surface area contributed by atoms with Crippen molar-refractivity contribution in [1.82, 2.24) is 19.9 Å². The van der Waals surface area contributed by atoms with Crippen LogP contribution >= 0.6 is 0 Å². The summed E-state index contributed by atoms with van der Waals surface area (Å²) in [6.07, 6.45) is 0.0564. The van der Waals surface area contributed by atoms with Crippen molar-refractivity contribution in [3.63, 3.8) is 0 Å². The van der Waals surface area contributed by atoms with Crippen LogP contribution in [0.4, 0.5) is 0 Å². The fourth-order valence-corrected chi connectivity index (χ4v) is 7.19. The Morgan fingerprint density at radius 3 is 1.57 bits per heavy atom. The van der Waals surface area contributed by atoms with Gasteiger partial charge in [0.1, 0.15) is 36.4 Å². The lowest BCUT2D eigenvalue weighted by atomic mass is 9.97. The highest BCUT2D eigenvalue weighted by molar-refractivity contribution is 5.93. The van der Waals surface area contributed by atoms with Crippen LogP contribution in [0.1, 0.15) is 54.9 Å². The molecule has 2 aromatic heterocycles. The summed E-state index contributed by atoms with van der Waals surface area (Å²) in [6, 6.07) is 48.5. The van der Waals surface area contributed by atoms with E-state index >= 15 is 0 Å². The van der Waals surface area contributed by atoms with Crippen LogP contribution in [-0.2, 0) is 26.1 Å². The molecule has 0 aliphatic rings. The highest BCUT2D eigenvalue weighted by atomic mass is 16.6. The number of aromatic amines is 1. The molecule has 0 radical (unpaired) electrons. The summed E-state index contributed by atoms with van der Waals surface area (Å²) in [6.45, 7) is -0.207. The number of hydrogen-bond acceptors (Lipinski definition) is 11. The zero-order valence-electron chi connectivity index (χ0n) is 35.4. The molecule has 0 fully saturated rings. The van der Waals surface area contributed by atoms with Crippen LogP contribution in [-0.4, -0.2) is 51.2 Å². The van der Waals surface area contributed by atoms with Gasteiger partial charge in [0.2, 0.25) is 11.5 Å². The van der Waals surface area contributed by atoms with Crippen LogP contribution < -0.4 is 29.2 Å². The minimum Gasteiger partial charge on any atom is -0.497 e. The third-order valence-electron chi connectivity index (χ3n) is 10.3. The molecule has 324 valence electrons. The lowest BCUT2D eigenvalue weighted by Crippen LogP contribution is -2.24. The molecule has 0 saturated heterocycles. The van der Waals surface area contributed by atoms with Crippen LogP contribution in [0.15, 0.2) is 163 Å². The quantitative estimate of drug-likeness (QED) is 0.0833. The van der Waals surface area contributed by atoms with Crippen molar-refractivity contribution in [2.45, 2.75) is 26.1 Å². The number of hydrogen-bond donors (Lipinski definition) is 2. The first-order valence-corrected chi connectivity index (χ1v) is 20.5. The molecule has 0 spiro atoms. The van der Waals surface area contributed by atoms with Crippen LogP contribution in [0.5, 0.6) is 28.9 Å². The van der Waals surface area contributed by atoms with Crippen molar-refractivity contribution in [3.8, 4) is 51.1 Å². The Hall–Kier alpha value is -8.58. The second-order valence-corrected chi connectivity index (χ2v) is 14.7. The Morgan fingerprint density at radius 1 is 0.569 bits per heavy atom. The number of carboxylic acids is 1. The Kier molecular flexibility index (Phi) is 13.3. The highest BCUT2D eigenvalue weighted by Crippen LogP contribution is 2.34. The Bertz CT molecular complexity index is 3000. The SMILES string of the molecule is COc1ccc(-c2ccccc2)c(Cc2nc(OC(=O)c3nc(Cc4cc(OC)ccc4-c4ccccc4)[nH]c(=O)c3OCc3ccccc3)c(OCc3ccccc3)c(C(=O)O)n2)c1. The van der Waals surface area contributed by atoms with Crippen molar-refractivity contribution in [2.24, 2.45) is 0 Å². The lowest BCUT2D eigenvalue weighted by Gasteiger charge is -2.17. The van der Waals surface area contributed by atoms with Gasteiger partial charge in [0.05, 0.1) is 14.2 Å². The van der Waals surface area contributed by atoms with E-state index in [1.807, 2.05) is 115 Å². The van der Waals surface area contributed by atoms with E-state index in [9.17, 15) is 19.5 Å². The minimum atomic E-state index is -1.46. The second kappa shape index (κ2) is 20.1. The largest absolute Gasteiger partial charge is 0.497 e. The van der Waals surface area contributed by atoms with E-state index in [2.05, 4.69) is 19.9 Å². The molecule has 8 aromatic rings. The number of carboxylic acid groups (broad SMARTS) is 1. The van der Waals surface area contributed by atoms with Crippen molar-refractivity contribution in [3.05, 3.63) is 213 Å². The summed E-state index contributed by atoms with van der Waals surface area (Å²) in [4.78, 5) is 58.3. The molecule has 0 bridgehead atoms. The molecule has 0 aliphatic carbocycles. The summed E-state index contributed by atoms with van der Waals surface area (Å²) in [5.74, 6) is -2.72. The zero-order valence-corrected chi connectivity index (χ0v) is 35.4. The predicted octanol–water partition coefficient (Wildman–Crippen LogP) is 9.17. The molecule has 13 heteroatoms. The third kappa shape index (κ3) is 10.4. The van der Waals surface area contributed by atoms with Gasteiger partial charge in [-0.25, -0.2) is 19.6 Å². The van der Waals surface area contributed by atoms with E-state index in [1.54, 1.807) is 56.7 Å². The number of H-pyrrole nitrogens is 1. The van der Waals surface area contributed by atoms with Crippen LogP contribution in [0.3, 0.4) is 0 Å². The van der Waals surface area contributed by atoms with Crippen LogP contribution in [0.25, 0.3) is 22.3 Å². The summed E-state index contributed by atoms with van der Waals surface area (Å²) in [5, 5.41) is 10.6. The van der Waals surface area contributed by atoms with Gasteiger partial charge in [0.15, 0.2) is 11.4 Å². The van der Waals surface area contributed by atoms with Gasteiger partial charge < -0.3 is 33.8 Å². The average Bonchev–Trinajstić information content (AvgIpc) is 3.34. The van der Waals surface area contributed by atoms with E-state index in [1.165, 1.54) is 0 Å². The maximum Gasteiger partial charge on any atom is 0.367 e. The van der Waals surface area contributed by atoms with Crippen molar-refractivity contribution in [1.29, 1.82) is 0 Å². The molecule has 0 amide bonds. The van der Waals surface area contributed by atoms with Crippen LogP contribution in [0.2, 0.25) is 0 Å². The molecule has 13 nitrogen and oxygen atoms in total. The maximum absolute atomic E-state index is 14.7. The molecular formula is C52H42N4O9. The zero-order chi connectivity index (χ0) is 45.1. The number of aromatic nitrogens is 4. The number of benzene rings is 6. The number of rotatable bonds is 17. The van der Waals surface area contributed by atoms with Gasteiger partial charge in [-0.3, -0.25) is 4.79 Å². The molecule has 0 saturated carbocycles. The van der Waals surface area contributed by atoms with Gasteiger partial charge in [-0.15, -0.1) is 0 Å². The molecule has 0 atom stereocenters. The highest BCUT2D eigenvalue weighted by Gasteiger charge is 2.29. The van der Waals surface area contributed by atoms with Gasteiger partial charge in [-0.2, -0.15) is 4.98 Å². The fraction of sp³-hybridized carbons (Fsp3) is 0.115. The number of carbonyl (C=O) groups is 2. The number of nitrogens with one attached hydrogen (secondary N) is 1. The van der Waals surface area contributed by atoms with E-state index in [-0.39, 0.29) is 37.7 Å². The van der Waals surface area contributed by atoms with Gasteiger partial charge in [0.25, 0.3) is 11.4 Å². The topological polar surface area (TPSA) is 172 Å². The van der Waals surface area contributed by atoms with E-state index in [4.69, 9.17) is 23.7 Å². The summed E-state index contributed by atoms with van der Waals surface area (Å²) in [7, 11) is 3.10. The number of aromatic carboxylic acids is 1. The normalized spacial score (nSPS) is 10.8. The summed E-state index contributed by atoms with van der Waals surface area (Å²) < 4.78 is 29.2. The standard InChI is InChI=1S/C52H42N4O9/c1-61-39-23-25-41(35-19-11-5-12-20-35)37(27-39)29-43-54-46(47(49(57)55-43)63-31-33-15-7-3-8-16-33)52(60)65-50-48(64-32-34-17-9-4-10-18-34)45(51(58)59)53-44(56-50)30-38-28-40(62-2)24-26-42(38)36-21-13-6-14-22-36/h3-28H,29-32H2,1-2H3,(H,58,59)(H,54,55,57). The van der Waals surface area contributed by atoms with E-state index < -0.39 is 46.3 Å². The van der Waals surface area contributed by atoms with Gasteiger partial charge >= 0.3 is 11.9 Å². The summed E-state index contributed by atoms with van der Waals surface area (Å²) in [5.41, 5.74) is 4.55. The van der Waals surface area contributed by atoms with Crippen molar-refractivity contribution < 1.29 is 38.4 Å². The molecule has 0 aliphatic heterocycles.